The minimum atomic E-state index is -0.630. The Balaban J connectivity index is 1.93. The van der Waals surface area contributed by atoms with Gasteiger partial charge < -0.3 is 14.4 Å². The van der Waals surface area contributed by atoms with Crippen LogP contribution in [-0.4, -0.2) is 38.3 Å². The molecule has 0 radical (unpaired) electrons. The van der Waals surface area contributed by atoms with Crippen LogP contribution in [0, 0.1) is 7.14 Å². The van der Waals surface area contributed by atoms with E-state index in [-0.39, 0.29) is 12.2 Å². The fourth-order valence-corrected chi connectivity index (χ4v) is 7.37. The Kier molecular flexibility index (Phi) is 8.25. The molecule has 0 saturated heterocycles. The van der Waals surface area contributed by atoms with Gasteiger partial charge in [0.2, 0.25) is 0 Å². The Bertz CT molecular complexity index is 1520. The topological polar surface area (TPSA) is 73.1 Å². The van der Waals surface area contributed by atoms with Gasteiger partial charge in [0.1, 0.15) is 5.75 Å². The summed E-state index contributed by atoms with van der Waals surface area (Å²) in [6.07, 6.45) is 1.86. The van der Waals surface area contributed by atoms with Gasteiger partial charge in [-0.1, -0.05) is 23.5 Å². The Morgan fingerprint density at radius 1 is 1.19 bits per heavy atom. The SMILES string of the molecule is CCOC(=O)C1=C(C)N=c2s/c(=C\c3cc(I)c(OC)c(I)c3)c(=O)n2[C@@H]1c1ccc(N(C)C)cc1. The second-order valence-corrected chi connectivity index (χ2v) is 11.6. The van der Waals surface area contributed by atoms with E-state index >= 15 is 0 Å². The van der Waals surface area contributed by atoms with Crippen LogP contribution in [0.15, 0.2) is 57.5 Å². The molecule has 10 heteroatoms. The monoisotopic (exact) mass is 729 g/mol. The highest BCUT2D eigenvalue weighted by molar-refractivity contribution is 14.1. The van der Waals surface area contributed by atoms with Crippen molar-refractivity contribution < 1.29 is 14.3 Å². The van der Waals surface area contributed by atoms with Crippen molar-refractivity contribution in [3.63, 3.8) is 0 Å². The average Bonchev–Trinajstić information content (AvgIpc) is 3.12. The number of hydrogen-bond donors (Lipinski definition) is 0. The molecule has 3 aromatic rings. The smallest absolute Gasteiger partial charge is 0.338 e. The maximum absolute atomic E-state index is 13.8. The normalized spacial score (nSPS) is 15.4. The van der Waals surface area contributed by atoms with Crippen LogP contribution in [0.2, 0.25) is 0 Å². The molecule has 2 heterocycles. The molecule has 36 heavy (non-hydrogen) atoms. The van der Waals surface area contributed by atoms with Crippen molar-refractivity contribution in [1.29, 1.82) is 0 Å². The van der Waals surface area contributed by atoms with E-state index in [0.29, 0.717) is 20.6 Å². The van der Waals surface area contributed by atoms with Crippen LogP contribution in [0.1, 0.15) is 31.0 Å². The van der Waals surface area contributed by atoms with Crippen LogP contribution in [-0.2, 0) is 9.53 Å². The predicted octanol–water partition coefficient (Wildman–Crippen LogP) is 4.08. The number of methoxy groups -OCH3 is 1. The number of anilines is 1. The number of halogens is 2. The molecule has 0 spiro atoms. The Hall–Kier alpha value is -2.19. The molecule has 0 unspecified atom stereocenters. The van der Waals surface area contributed by atoms with E-state index in [1.54, 1.807) is 25.5 Å². The zero-order chi connectivity index (χ0) is 26.1. The van der Waals surface area contributed by atoms with Crippen LogP contribution < -0.4 is 24.5 Å². The largest absolute Gasteiger partial charge is 0.495 e. The quantitative estimate of drug-likeness (QED) is 0.283. The van der Waals surface area contributed by atoms with Gasteiger partial charge in [-0.25, -0.2) is 9.79 Å². The van der Waals surface area contributed by atoms with E-state index in [0.717, 1.165) is 29.7 Å². The number of allylic oxidation sites excluding steroid dienone is 1. The van der Waals surface area contributed by atoms with Gasteiger partial charge in [0, 0.05) is 19.8 Å². The molecule has 7 nitrogen and oxygen atoms in total. The van der Waals surface area contributed by atoms with E-state index < -0.39 is 12.0 Å². The maximum atomic E-state index is 13.8. The number of fused-ring (bicyclic) bond motifs is 1. The minimum Gasteiger partial charge on any atom is -0.495 e. The van der Waals surface area contributed by atoms with Crippen molar-refractivity contribution in [2.45, 2.75) is 19.9 Å². The second kappa shape index (κ2) is 11.1. The summed E-state index contributed by atoms with van der Waals surface area (Å²) in [6, 6.07) is 11.2. The molecule has 0 saturated carbocycles. The van der Waals surface area contributed by atoms with Gasteiger partial charge in [0.25, 0.3) is 5.56 Å². The molecule has 0 bridgehead atoms. The van der Waals surface area contributed by atoms with Gasteiger partial charge in [0.05, 0.1) is 42.7 Å². The van der Waals surface area contributed by atoms with Gasteiger partial charge in [-0.3, -0.25) is 9.36 Å². The third kappa shape index (κ3) is 5.12. The molecule has 1 aliphatic heterocycles. The first-order chi connectivity index (χ1) is 17.2. The van der Waals surface area contributed by atoms with Crippen molar-refractivity contribution in [2.24, 2.45) is 4.99 Å². The summed E-state index contributed by atoms with van der Waals surface area (Å²) in [6.45, 7) is 3.79. The molecule has 0 aliphatic carbocycles. The molecule has 0 fully saturated rings. The van der Waals surface area contributed by atoms with E-state index in [9.17, 15) is 9.59 Å². The molecule has 0 amide bonds. The molecule has 188 valence electrons. The number of hydrogen-bond acceptors (Lipinski definition) is 7. The van der Waals surface area contributed by atoms with Crippen LogP contribution in [0.5, 0.6) is 5.75 Å². The summed E-state index contributed by atoms with van der Waals surface area (Å²) in [7, 11) is 5.58. The van der Waals surface area contributed by atoms with Gasteiger partial charge in [-0.2, -0.15) is 0 Å². The number of nitrogens with zero attached hydrogens (tertiary/aromatic N) is 3. The summed E-state index contributed by atoms with van der Waals surface area (Å²) in [4.78, 5) is 34.0. The highest BCUT2D eigenvalue weighted by atomic mass is 127. The maximum Gasteiger partial charge on any atom is 0.338 e. The summed E-state index contributed by atoms with van der Waals surface area (Å²) in [5.74, 6) is 0.347. The first-order valence-corrected chi connectivity index (χ1v) is 14.1. The molecule has 4 rings (SSSR count). The number of carbonyl (C=O) groups is 1. The van der Waals surface area contributed by atoms with Crippen LogP contribution in [0.4, 0.5) is 5.69 Å². The summed E-state index contributed by atoms with van der Waals surface area (Å²) < 4.78 is 14.9. The Labute approximate surface area is 240 Å². The van der Waals surface area contributed by atoms with Gasteiger partial charge in [0.15, 0.2) is 4.80 Å². The first kappa shape index (κ1) is 26.9. The zero-order valence-electron chi connectivity index (χ0n) is 20.5. The summed E-state index contributed by atoms with van der Waals surface area (Å²) >= 11 is 5.77. The number of aromatic nitrogens is 1. The van der Waals surface area contributed by atoms with Crippen LogP contribution >= 0.6 is 56.5 Å². The minimum absolute atomic E-state index is 0.199. The average molecular weight is 729 g/mol. The number of ether oxygens (including phenoxy) is 2. The zero-order valence-corrected chi connectivity index (χ0v) is 25.6. The lowest BCUT2D eigenvalue weighted by Crippen LogP contribution is -2.39. The highest BCUT2D eigenvalue weighted by Crippen LogP contribution is 2.32. The molecule has 0 N–H and O–H groups in total. The van der Waals surface area contributed by atoms with E-state index in [4.69, 9.17) is 9.47 Å². The highest BCUT2D eigenvalue weighted by Gasteiger charge is 2.33. The van der Waals surface area contributed by atoms with E-state index in [2.05, 4.69) is 50.2 Å². The number of thiazole rings is 1. The second-order valence-electron chi connectivity index (χ2n) is 8.31. The molecule has 1 atom stereocenters. The van der Waals surface area contributed by atoms with E-state index in [1.165, 1.54) is 11.3 Å². The van der Waals surface area contributed by atoms with Crippen LogP contribution in [0.3, 0.4) is 0 Å². The fourth-order valence-electron chi connectivity index (χ4n) is 4.07. The predicted molar refractivity (Wildman–Crippen MR) is 160 cm³/mol. The lowest BCUT2D eigenvalue weighted by Gasteiger charge is -2.25. The molecular weight excluding hydrogens is 704 g/mol. The van der Waals surface area contributed by atoms with Gasteiger partial charge in [-0.15, -0.1) is 0 Å². The lowest BCUT2D eigenvalue weighted by atomic mass is 9.95. The van der Waals surface area contributed by atoms with Crippen molar-refractivity contribution >= 4 is 74.3 Å². The van der Waals surface area contributed by atoms with Crippen LogP contribution in [0.25, 0.3) is 6.08 Å². The number of carbonyl (C=O) groups excluding carboxylic acids is 1. The molecule has 2 aromatic carbocycles. The molecular formula is C26H25I2N3O4S. The number of esters is 1. The third-order valence-electron chi connectivity index (χ3n) is 5.76. The van der Waals surface area contributed by atoms with Crippen molar-refractivity contribution in [3.05, 3.63) is 85.6 Å². The Morgan fingerprint density at radius 2 is 1.83 bits per heavy atom. The van der Waals surface area contributed by atoms with Crippen molar-refractivity contribution in [2.75, 3.05) is 32.7 Å². The summed E-state index contributed by atoms with van der Waals surface area (Å²) in [5, 5.41) is 0. The van der Waals surface area contributed by atoms with Gasteiger partial charge in [-0.05, 0) is 100 Å². The standard InChI is InChI=1S/C26H25I2N3O4S/c1-6-35-25(33)21-14(2)29-26-31(22(21)16-7-9-17(10-8-16)30(3)4)24(32)20(36-26)13-15-11-18(27)23(34-5)19(28)12-15/h7-13,22H,6H2,1-5H3/b20-13-/t22-/m1/s1. The summed E-state index contributed by atoms with van der Waals surface area (Å²) in [5.41, 5.74) is 3.46. The fraction of sp³-hybridized carbons (Fsp3) is 0.269. The molecule has 1 aromatic heterocycles. The first-order valence-electron chi connectivity index (χ1n) is 11.2. The number of rotatable bonds is 6. The third-order valence-corrected chi connectivity index (χ3v) is 8.35. The van der Waals surface area contributed by atoms with E-state index in [1.807, 2.05) is 61.5 Å². The van der Waals surface area contributed by atoms with Crippen molar-refractivity contribution in [3.8, 4) is 5.75 Å². The number of benzene rings is 2. The van der Waals surface area contributed by atoms with Crippen molar-refractivity contribution in [1.82, 2.24) is 4.57 Å². The van der Waals surface area contributed by atoms with Gasteiger partial charge >= 0.3 is 5.97 Å². The molecule has 1 aliphatic rings. The lowest BCUT2D eigenvalue weighted by molar-refractivity contribution is -0.139. The Morgan fingerprint density at radius 3 is 2.39 bits per heavy atom.